The Hall–Kier alpha value is -4.05. The molecule has 0 saturated heterocycles. The van der Waals surface area contributed by atoms with Gasteiger partial charge in [-0.2, -0.15) is 4.98 Å². The highest BCUT2D eigenvalue weighted by Gasteiger charge is 2.11. The van der Waals surface area contributed by atoms with Gasteiger partial charge in [-0.25, -0.2) is 4.98 Å². The highest BCUT2D eigenvalue weighted by molar-refractivity contribution is 7.13. The van der Waals surface area contributed by atoms with Gasteiger partial charge in [0.1, 0.15) is 5.75 Å². The first-order chi connectivity index (χ1) is 15.6. The van der Waals surface area contributed by atoms with Gasteiger partial charge in [-0.1, -0.05) is 17.3 Å². The van der Waals surface area contributed by atoms with Crippen LogP contribution in [0.25, 0.3) is 10.7 Å². The fourth-order valence-corrected chi connectivity index (χ4v) is 3.48. The number of benzene rings is 1. The standard InChI is InChI=1S/C22H19N5O4S/c23-21(29)14-4-1-5-16(12-14)30-19-10-9-15(13-24-19)25-18(28)7-2-8-20-26-22(27-31-20)17-6-3-11-32-17/h1,3-6,9-13H,2,7-8H2,(H2,23,29)(H,25,28). The monoisotopic (exact) mass is 449 g/mol. The lowest BCUT2D eigenvalue weighted by Gasteiger charge is -2.07. The van der Waals surface area contributed by atoms with Gasteiger partial charge < -0.3 is 20.3 Å². The Labute approximate surface area is 187 Å². The highest BCUT2D eigenvalue weighted by atomic mass is 32.1. The van der Waals surface area contributed by atoms with Crippen molar-refractivity contribution >= 4 is 28.8 Å². The van der Waals surface area contributed by atoms with Crippen molar-refractivity contribution in [2.45, 2.75) is 19.3 Å². The molecule has 4 rings (SSSR count). The molecule has 3 aromatic heterocycles. The number of nitrogens with two attached hydrogens (primary N) is 1. The summed E-state index contributed by atoms with van der Waals surface area (Å²) in [6.07, 6.45) is 2.88. The lowest BCUT2D eigenvalue weighted by atomic mass is 10.2. The van der Waals surface area contributed by atoms with E-state index >= 15 is 0 Å². The number of anilines is 1. The highest BCUT2D eigenvalue weighted by Crippen LogP contribution is 2.23. The zero-order valence-electron chi connectivity index (χ0n) is 16.9. The third-order valence-corrected chi connectivity index (χ3v) is 5.23. The summed E-state index contributed by atoms with van der Waals surface area (Å²) >= 11 is 1.54. The molecule has 0 spiro atoms. The SMILES string of the molecule is NC(=O)c1cccc(Oc2ccc(NC(=O)CCCc3nc(-c4cccs4)no3)cn2)c1. The molecule has 0 fully saturated rings. The molecular formula is C22H19N5O4S. The van der Waals surface area contributed by atoms with E-state index in [4.69, 9.17) is 15.0 Å². The summed E-state index contributed by atoms with van der Waals surface area (Å²) in [5.74, 6) is 1.14. The molecule has 3 heterocycles. The van der Waals surface area contributed by atoms with Crippen LogP contribution in [0.3, 0.4) is 0 Å². The number of hydrogen-bond acceptors (Lipinski definition) is 8. The summed E-state index contributed by atoms with van der Waals surface area (Å²) in [5, 5.41) is 8.69. The minimum Gasteiger partial charge on any atom is -0.439 e. The van der Waals surface area contributed by atoms with Crippen molar-refractivity contribution in [1.29, 1.82) is 0 Å². The molecule has 0 radical (unpaired) electrons. The second-order valence-electron chi connectivity index (χ2n) is 6.77. The van der Waals surface area contributed by atoms with E-state index in [2.05, 4.69) is 20.4 Å². The number of aryl methyl sites for hydroxylation is 1. The number of carbonyl (C=O) groups is 2. The molecule has 0 aliphatic heterocycles. The van der Waals surface area contributed by atoms with Gasteiger partial charge in [-0.05, 0) is 42.1 Å². The van der Waals surface area contributed by atoms with E-state index in [0.29, 0.717) is 53.9 Å². The second kappa shape index (κ2) is 9.84. The molecule has 2 amide bonds. The summed E-state index contributed by atoms with van der Waals surface area (Å²) < 4.78 is 10.9. The molecule has 1 aromatic carbocycles. The molecule has 0 saturated carbocycles. The molecule has 0 aliphatic carbocycles. The van der Waals surface area contributed by atoms with Gasteiger partial charge in [0.15, 0.2) is 0 Å². The Morgan fingerprint density at radius 2 is 2.06 bits per heavy atom. The van der Waals surface area contributed by atoms with Crippen molar-refractivity contribution in [3.63, 3.8) is 0 Å². The molecule has 10 heteroatoms. The van der Waals surface area contributed by atoms with Crippen LogP contribution in [0, 0.1) is 0 Å². The third-order valence-electron chi connectivity index (χ3n) is 4.37. The first-order valence-corrected chi connectivity index (χ1v) is 10.6. The molecule has 0 unspecified atom stereocenters. The van der Waals surface area contributed by atoms with Crippen LogP contribution in [-0.2, 0) is 11.2 Å². The number of ether oxygens (including phenoxy) is 1. The maximum Gasteiger partial charge on any atom is 0.248 e. The molecule has 32 heavy (non-hydrogen) atoms. The zero-order chi connectivity index (χ0) is 22.3. The summed E-state index contributed by atoms with van der Waals surface area (Å²) in [6, 6.07) is 13.7. The molecule has 3 N–H and O–H groups in total. The zero-order valence-corrected chi connectivity index (χ0v) is 17.7. The maximum absolute atomic E-state index is 12.2. The number of carbonyl (C=O) groups excluding carboxylic acids is 2. The predicted octanol–water partition coefficient (Wildman–Crippen LogP) is 4.05. The van der Waals surface area contributed by atoms with Crippen molar-refractivity contribution in [1.82, 2.24) is 15.1 Å². The van der Waals surface area contributed by atoms with Crippen molar-refractivity contribution in [3.8, 4) is 22.3 Å². The fraction of sp³-hybridized carbons (Fsp3) is 0.136. The van der Waals surface area contributed by atoms with Crippen LogP contribution in [0.15, 0.2) is 64.6 Å². The Morgan fingerprint density at radius 3 is 2.81 bits per heavy atom. The molecule has 0 aliphatic rings. The Bertz CT molecular complexity index is 1210. The summed E-state index contributed by atoms with van der Waals surface area (Å²) in [7, 11) is 0. The van der Waals surface area contributed by atoms with E-state index in [1.807, 2.05) is 17.5 Å². The largest absolute Gasteiger partial charge is 0.439 e. The fourth-order valence-electron chi connectivity index (χ4n) is 2.83. The summed E-state index contributed by atoms with van der Waals surface area (Å²) in [5.41, 5.74) is 6.16. The van der Waals surface area contributed by atoms with E-state index in [0.717, 1.165) is 4.88 Å². The van der Waals surface area contributed by atoms with Crippen molar-refractivity contribution in [3.05, 3.63) is 71.6 Å². The molecule has 0 atom stereocenters. The number of hydrogen-bond donors (Lipinski definition) is 2. The van der Waals surface area contributed by atoms with E-state index < -0.39 is 5.91 Å². The lowest BCUT2D eigenvalue weighted by Crippen LogP contribution is -2.11. The first-order valence-electron chi connectivity index (χ1n) is 9.77. The van der Waals surface area contributed by atoms with Crippen LogP contribution < -0.4 is 15.8 Å². The van der Waals surface area contributed by atoms with Crippen molar-refractivity contribution in [2.24, 2.45) is 5.73 Å². The third kappa shape index (κ3) is 5.55. The Morgan fingerprint density at radius 1 is 1.16 bits per heavy atom. The van der Waals surface area contributed by atoms with E-state index in [-0.39, 0.29) is 5.91 Å². The van der Waals surface area contributed by atoms with Crippen LogP contribution in [-0.4, -0.2) is 26.9 Å². The smallest absolute Gasteiger partial charge is 0.248 e. The normalized spacial score (nSPS) is 10.6. The van der Waals surface area contributed by atoms with E-state index in [1.54, 1.807) is 30.3 Å². The number of nitrogens with zero attached hydrogens (tertiary/aromatic N) is 3. The molecule has 4 aromatic rings. The van der Waals surface area contributed by atoms with Gasteiger partial charge in [-0.15, -0.1) is 11.3 Å². The number of nitrogens with one attached hydrogen (secondary N) is 1. The topological polar surface area (TPSA) is 133 Å². The van der Waals surface area contributed by atoms with Gasteiger partial charge in [0, 0.05) is 24.5 Å². The van der Waals surface area contributed by atoms with Crippen molar-refractivity contribution < 1.29 is 18.8 Å². The molecule has 9 nitrogen and oxygen atoms in total. The Balaban J connectivity index is 1.24. The van der Waals surface area contributed by atoms with Crippen LogP contribution in [0.2, 0.25) is 0 Å². The van der Waals surface area contributed by atoms with E-state index in [1.165, 1.54) is 23.6 Å². The number of amides is 2. The second-order valence-corrected chi connectivity index (χ2v) is 7.72. The Kier molecular flexibility index (Phi) is 6.52. The molecule has 0 bridgehead atoms. The number of thiophene rings is 1. The lowest BCUT2D eigenvalue weighted by molar-refractivity contribution is -0.116. The molecular weight excluding hydrogens is 430 g/mol. The van der Waals surface area contributed by atoms with Crippen LogP contribution in [0.5, 0.6) is 11.6 Å². The minimum atomic E-state index is -0.538. The van der Waals surface area contributed by atoms with Crippen LogP contribution >= 0.6 is 11.3 Å². The van der Waals surface area contributed by atoms with Gasteiger partial charge in [0.05, 0.1) is 16.8 Å². The maximum atomic E-state index is 12.2. The summed E-state index contributed by atoms with van der Waals surface area (Å²) in [4.78, 5) is 32.9. The predicted molar refractivity (Wildman–Crippen MR) is 118 cm³/mol. The van der Waals surface area contributed by atoms with Crippen LogP contribution in [0.4, 0.5) is 5.69 Å². The summed E-state index contributed by atoms with van der Waals surface area (Å²) in [6.45, 7) is 0. The molecule has 162 valence electrons. The van der Waals surface area contributed by atoms with Gasteiger partial charge in [0.2, 0.25) is 29.4 Å². The first kappa shape index (κ1) is 21.2. The number of aromatic nitrogens is 3. The van der Waals surface area contributed by atoms with Crippen LogP contribution in [0.1, 0.15) is 29.1 Å². The quantitative estimate of drug-likeness (QED) is 0.394. The van der Waals surface area contributed by atoms with E-state index in [9.17, 15) is 9.59 Å². The average Bonchev–Trinajstić information content (AvgIpc) is 3.47. The minimum absolute atomic E-state index is 0.146. The number of pyridine rings is 1. The van der Waals surface area contributed by atoms with Gasteiger partial charge >= 0.3 is 0 Å². The van der Waals surface area contributed by atoms with Gasteiger partial charge in [-0.3, -0.25) is 9.59 Å². The average molecular weight is 449 g/mol. The number of primary amides is 1. The van der Waals surface area contributed by atoms with Gasteiger partial charge in [0.25, 0.3) is 0 Å². The number of rotatable bonds is 9. The van der Waals surface area contributed by atoms with Crippen molar-refractivity contribution in [2.75, 3.05) is 5.32 Å².